The molecule has 96 valence electrons. The van der Waals surface area contributed by atoms with Crippen LogP contribution < -0.4 is 4.74 Å². The summed E-state index contributed by atoms with van der Waals surface area (Å²) in [6, 6.07) is 19.1. The minimum absolute atomic E-state index is 0.0943. The van der Waals surface area contributed by atoms with Gasteiger partial charge in [0.15, 0.2) is 0 Å². The number of hydrogen-bond acceptors (Lipinski definition) is 3. The van der Waals surface area contributed by atoms with Crippen LogP contribution >= 0.6 is 0 Å². The van der Waals surface area contributed by atoms with E-state index >= 15 is 0 Å². The minimum Gasteiger partial charge on any atom is -0.497 e. The van der Waals surface area contributed by atoms with Crippen LogP contribution in [0.25, 0.3) is 17.2 Å². The maximum atomic E-state index is 8.78. The van der Waals surface area contributed by atoms with Gasteiger partial charge in [0.05, 0.1) is 7.11 Å². The molecule has 3 nitrogen and oxygen atoms in total. The quantitative estimate of drug-likeness (QED) is 0.789. The van der Waals surface area contributed by atoms with E-state index in [2.05, 4.69) is 0 Å². The summed E-state index contributed by atoms with van der Waals surface area (Å²) in [5, 5.41) is 17.6. The van der Waals surface area contributed by atoms with Crippen molar-refractivity contribution >= 4 is 6.08 Å². The summed E-state index contributed by atoms with van der Waals surface area (Å²) in [5.74, 6) is 0.807. The van der Waals surface area contributed by atoms with Crippen molar-refractivity contribution in [3.63, 3.8) is 0 Å². The molecule has 0 saturated carbocycles. The molecular formula is C17H12N2O. The van der Waals surface area contributed by atoms with Gasteiger partial charge in [0.1, 0.15) is 23.5 Å². The molecule has 0 aromatic heterocycles. The molecule has 0 aliphatic carbocycles. The second kappa shape index (κ2) is 6.22. The van der Waals surface area contributed by atoms with Crippen molar-refractivity contribution in [2.45, 2.75) is 0 Å². The zero-order chi connectivity index (χ0) is 14.4. The van der Waals surface area contributed by atoms with Crippen molar-refractivity contribution in [3.8, 4) is 29.0 Å². The fourth-order valence-corrected chi connectivity index (χ4v) is 1.85. The van der Waals surface area contributed by atoms with Crippen molar-refractivity contribution in [3.05, 3.63) is 59.7 Å². The number of ether oxygens (including phenoxy) is 1. The molecule has 0 aliphatic heterocycles. The maximum absolute atomic E-state index is 8.78. The number of methoxy groups -OCH3 is 1. The smallest absolute Gasteiger partial charge is 0.130 e. The number of allylic oxidation sites excluding steroid dienone is 1. The molecule has 0 N–H and O–H groups in total. The first-order valence-corrected chi connectivity index (χ1v) is 6.03. The summed E-state index contributed by atoms with van der Waals surface area (Å²) in [5.41, 5.74) is 3.00. The van der Waals surface area contributed by atoms with E-state index in [4.69, 9.17) is 15.3 Å². The Labute approximate surface area is 118 Å². The Kier molecular flexibility index (Phi) is 4.17. The summed E-state index contributed by atoms with van der Waals surface area (Å²) in [4.78, 5) is 0. The van der Waals surface area contributed by atoms with Gasteiger partial charge in [-0.3, -0.25) is 0 Å². The van der Waals surface area contributed by atoms with Gasteiger partial charge >= 0.3 is 0 Å². The van der Waals surface area contributed by atoms with Crippen LogP contribution in [0.3, 0.4) is 0 Å². The highest BCUT2D eigenvalue weighted by molar-refractivity contribution is 5.70. The molecule has 3 heteroatoms. The van der Waals surface area contributed by atoms with Gasteiger partial charge in [-0.25, -0.2) is 0 Å². The highest BCUT2D eigenvalue weighted by Gasteiger charge is 2.00. The van der Waals surface area contributed by atoms with Gasteiger partial charge in [-0.05, 0) is 41.0 Å². The average Bonchev–Trinajstić information content (AvgIpc) is 2.53. The molecule has 0 spiro atoms. The van der Waals surface area contributed by atoms with Gasteiger partial charge in [0.25, 0.3) is 0 Å². The molecule has 0 heterocycles. The summed E-state index contributed by atoms with van der Waals surface area (Å²) in [6.45, 7) is 0. The van der Waals surface area contributed by atoms with Crippen LogP contribution in [0.5, 0.6) is 5.75 Å². The van der Waals surface area contributed by atoms with Crippen molar-refractivity contribution in [1.29, 1.82) is 10.5 Å². The van der Waals surface area contributed by atoms with Gasteiger partial charge in [-0.15, -0.1) is 0 Å². The normalized spacial score (nSPS) is 9.15. The molecule has 2 aromatic carbocycles. The molecule has 0 aliphatic rings. The topological polar surface area (TPSA) is 56.8 Å². The number of rotatable bonds is 3. The van der Waals surface area contributed by atoms with Gasteiger partial charge < -0.3 is 4.74 Å². The van der Waals surface area contributed by atoms with Crippen LogP contribution in [0.2, 0.25) is 0 Å². The second-order valence-corrected chi connectivity index (χ2v) is 4.14. The van der Waals surface area contributed by atoms with E-state index in [0.717, 1.165) is 22.4 Å². The van der Waals surface area contributed by atoms with E-state index in [1.165, 1.54) is 0 Å². The first kappa shape index (κ1) is 13.4. The summed E-state index contributed by atoms with van der Waals surface area (Å²) < 4.78 is 5.13. The Hall–Kier alpha value is -3.04. The largest absolute Gasteiger partial charge is 0.497 e. The number of nitriles is 2. The van der Waals surface area contributed by atoms with Crippen LogP contribution in [0.4, 0.5) is 0 Å². The third kappa shape index (κ3) is 3.04. The van der Waals surface area contributed by atoms with Crippen LogP contribution in [0.15, 0.2) is 54.1 Å². The molecule has 0 bridgehead atoms. The van der Waals surface area contributed by atoms with Crippen LogP contribution in [0.1, 0.15) is 5.56 Å². The standard InChI is InChI=1S/C17H12N2O/c1-20-17-7-5-15(6-8-17)16-4-2-3-13(10-16)9-14(11-18)12-19/h2-10H,1H3. The number of hydrogen-bond donors (Lipinski definition) is 0. The highest BCUT2D eigenvalue weighted by atomic mass is 16.5. The monoisotopic (exact) mass is 260 g/mol. The van der Waals surface area contributed by atoms with Crippen LogP contribution in [-0.4, -0.2) is 7.11 Å². The Bertz CT molecular complexity index is 700. The molecule has 0 radical (unpaired) electrons. The van der Waals surface area contributed by atoms with Gasteiger partial charge in [-0.2, -0.15) is 10.5 Å². The van der Waals surface area contributed by atoms with E-state index < -0.39 is 0 Å². The van der Waals surface area contributed by atoms with E-state index in [-0.39, 0.29) is 5.57 Å². The average molecular weight is 260 g/mol. The van der Waals surface area contributed by atoms with Crippen LogP contribution in [0, 0.1) is 22.7 Å². The summed E-state index contributed by atoms with van der Waals surface area (Å²) in [6.07, 6.45) is 1.58. The zero-order valence-electron chi connectivity index (χ0n) is 11.0. The number of nitrogens with zero attached hydrogens (tertiary/aromatic N) is 2. The fraction of sp³-hybridized carbons (Fsp3) is 0.0588. The minimum atomic E-state index is 0.0943. The van der Waals surface area contributed by atoms with Crippen LogP contribution in [-0.2, 0) is 0 Å². The Morgan fingerprint density at radius 2 is 1.70 bits per heavy atom. The second-order valence-electron chi connectivity index (χ2n) is 4.14. The molecular weight excluding hydrogens is 248 g/mol. The maximum Gasteiger partial charge on any atom is 0.130 e. The lowest BCUT2D eigenvalue weighted by Gasteiger charge is -2.05. The Balaban J connectivity index is 2.37. The number of benzene rings is 2. The van der Waals surface area contributed by atoms with Gasteiger partial charge in [0, 0.05) is 0 Å². The molecule has 0 saturated heterocycles. The lowest BCUT2D eigenvalue weighted by molar-refractivity contribution is 0.415. The molecule has 0 atom stereocenters. The molecule has 2 rings (SSSR count). The Morgan fingerprint density at radius 3 is 2.30 bits per heavy atom. The van der Waals surface area contributed by atoms with E-state index in [1.807, 2.05) is 60.7 Å². The molecule has 0 fully saturated rings. The first-order chi connectivity index (χ1) is 9.76. The molecule has 20 heavy (non-hydrogen) atoms. The zero-order valence-corrected chi connectivity index (χ0v) is 11.0. The SMILES string of the molecule is COc1ccc(-c2cccc(C=C(C#N)C#N)c2)cc1. The van der Waals surface area contributed by atoms with E-state index in [9.17, 15) is 0 Å². The highest BCUT2D eigenvalue weighted by Crippen LogP contribution is 2.23. The Morgan fingerprint density at radius 1 is 1.00 bits per heavy atom. The lowest BCUT2D eigenvalue weighted by atomic mass is 10.0. The fourth-order valence-electron chi connectivity index (χ4n) is 1.85. The summed E-state index contributed by atoms with van der Waals surface area (Å²) in [7, 11) is 1.63. The van der Waals surface area contributed by atoms with Crippen molar-refractivity contribution in [2.75, 3.05) is 7.11 Å². The predicted octanol–water partition coefficient (Wildman–Crippen LogP) is 3.79. The van der Waals surface area contributed by atoms with E-state index in [0.29, 0.717) is 0 Å². The van der Waals surface area contributed by atoms with Crippen molar-refractivity contribution in [2.24, 2.45) is 0 Å². The first-order valence-electron chi connectivity index (χ1n) is 6.03. The third-order valence-corrected chi connectivity index (χ3v) is 2.86. The molecule has 0 unspecified atom stereocenters. The van der Waals surface area contributed by atoms with E-state index in [1.54, 1.807) is 13.2 Å². The van der Waals surface area contributed by atoms with Gasteiger partial charge in [0.2, 0.25) is 0 Å². The third-order valence-electron chi connectivity index (χ3n) is 2.86. The van der Waals surface area contributed by atoms with Crippen molar-refractivity contribution in [1.82, 2.24) is 0 Å². The molecule has 2 aromatic rings. The predicted molar refractivity (Wildman–Crippen MR) is 77.6 cm³/mol. The molecule has 0 amide bonds. The van der Waals surface area contributed by atoms with Crippen molar-refractivity contribution < 1.29 is 4.74 Å². The summed E-state index contributed by atoms with van der Waals surface area (Å²) >= 11 is 0. The lowest BCUT2D eigenvalue weighted by Crippen LogP contribution is -1.83. The van der Waals surface area contributed by atoms with Gasteiger partial charge in [-0.1, -0.05) is 30.3 Å².